The minimum atomic E-state index is 0.293. The lowest BCUT2D eigenvalue weighted by Crippen LogP contribution is -2.59. The molecule has 2 N–H and O–H groups in total. The molecule has 2 saturated heterocycles. The van der Waals surface area contributed by atoms with Gasteiger partial charge in [-0.1, -0.05) is 6.92 Å². The van der Waals surface area contributed by atoms with Crippen molar-refractivity contribution in [3.05, 3.63) is 0 Å². The Morgan fingerprint density at radius 1 is 1.05 bits per heavy atom. The molecule has 19 heavy (non-hydrogen) atoms. The summed E-state index contributed by atoms with van der Waals surface area (Å²) in [6.45, 7) is 11.7. The van der Waals surface area contributed by atoms with Crippen molar-refractivity contribution in [1.82, 2.24) is 20.7 Å². The molecule has 2 aliphatic rings. The van der Waals surface area contributed by atoms with Crippen LogP contribution in [0.2, 0.25) is 0 Å². The summed E-state index contributed by atoms with van der Waals surface area (Å²) in [5.74, 6) is 0. The third-order valence-corrected chi connectivity index (χ3v) is 3.61. The topological polar surface area (TPSA) is 49.0 Å². The fraction of sp³-hybridized carbons (Fsp3) is 1.00. The molecule has 2 fully saturated rings. The second-order valence-corrected chi connectivity index (χ2v) is 5.10. The third kappa shape index (κ3) is 5.33. The lowest BCUT2D eigenvalue weighted by Gasteiger charge is -2.37. The summed E-state index contributed by atoms with van der Waals surface area (Å²) in [6.07, 6.45) is 1.44. The normalized spacial score (nSPS) is 26.7. The van der Waals surface area contributed by atoms with Crippen molar-refractivity contribution < 1.29 is 9.47 Å². The Hall–Kier alpha value is -0.240. The molecular formula is C13H28N4O2. The molecule has 0 saturated carbocycles. The maximum Gasteiger partial charge on any atom is 0.0971 e. The van der Waals surface area contributed by atoms with E-state index >= 15 is 0 Å². The zero-order valence-electron chi connectivity index (χ0n) is 12.1. The number of nitrogens with zero attached hydrogens (tertiary/aromatic N) is 2. The fourth-order valence-electron chi connectivity index (χ4n) is 2.43. The predicted octanol–water partition coefficient (Wildman–Crippen LogP) is -0.519. The molecule has 1 unspecified atom stereocenters. The Kier molecular flexibility index (Phi) is 7.05. The van der Waals surface area contributed by atoms with E-state index in [4.69, 9.17) is 9.47 Å². The van der Waals surface area contributed by atoms with Gasteiger partial charge in [0.15, 0.2) is 0 Å². The third-order valence-electron chi connectivity index (χ3n) is 3.61. The van der Waals surface area contributed by atoms with Crippen molar-refractivity contribution in [1.29, 1.82) is 0 Å². The number of nitrogens with one attached hydrogen (secondary N) is 2. The van der Waals surface area contributed by atoms with Crippen LogP contribution in [-0.2, 0) is 9.47 Å². The van der Waals surface area contributed by atoms with Crippen LogP contribution < -0.4 is 10.7 Å². The number of hydrazine groups is 1. The summed E-state index contributed by atoms with van der Waals surface area (Å²) in [6, 6.07) is 0. The van der Waals surface area contributed by atoms with Crippen molar-refractivity contribution in [2.24, 2.45) is 0 Å². The van der Waals surface area contributed by atoms with Crippen LogP contribution in [0.4, 0.5) is 0 Å². The van der Waals surface area contributed by atoms with Crippen LogP contribution in [0.15, 0.2) is 0 Å². The van der Waals surface area contributed by atoms with Crippen molar-refractivity contribution in [3.63, 3.8) is 0 Å². The van der Waals surface area contributed by atoms with E-state index in [1.807, 2.05) is 0 Å². The van der Waals surface area contributed by atoms with Gasteiger partial charge in [0.05, 0.1) is 32.6 Å². The van der Waals surface area contributed by atoms with Crippen LogP contribution in [0.1, 0.15) is 13.3 Å². The highest BCUT2D eigenvalue weighted by atomic mass is 16.5. The number of hydrogen-bond donors (Lipinski definition) is 2. The lowest BCUT2D eigenvalue weighted by molar-refractivity contribution is -0.0479. The van der Waals surface area contributed by atoms with E-state index in [1.54, 1.807) is 0 Å². The van der Waals surface area contributed by atoms with E-state index in [-0.39, 0.29) is 0 Å². The van der Waals surface area contributed by atoms with Gasteiger partial charge in [0.1, 0.15) is 0 Å². The average Bonchev–Trinajstić information content (AvgIpc) is 2.47. The molecule has 0 spiro atoms. The van der Waals surface area contributed by atoms with Crippen molar-refractivity contribution in [3.8, 4) is 0 Å². The second-order valence-electron chi connectivity index (χ2n) is 5.10. The van der Waals surface area contributed by atoms with Crippen LogP contribution in [0, 0.1) is 0 Å². The van der Waals surface area contributed by atoms with E-state index in [0.717, 1.165) is 72.1 Å². The zero-order valence-corrected chi connectivity index (χ0v) is 12.1. The summed E-state index contributed by atoms with van der Waals surface area (Å²) in [4.78, 5) is 2.45. The number of rotatable bonds is 7. The SMILES string of the molecule is CCCNN1CCOCC1NCCN1CCOCC1. The first-order valence-electron chi connectivity index (χ1n) is 7.51. The minimum absolute atomic E-state index is 0.293. The van der Waals surface area contributed by atoms with E-state index in [1.165, 1.54) is 0 Å². The molecule has 0 aliphatic carbocycles. The highest BCUT2D eigenvalue weighted by Crippen LogP contribution is 2.01. The van der Waals surface area contributed by atoms with E-state index in [9.17, 15) is 0 Å². The summed E-state index contributed by atoms with van der Waals surface area (Å²) < 4.78 is 10.9. The largest absolute Gasteiger partial charge is 0.379 e. The van der Waals surface area contributed by atoms with Gasteiger partial charge >= 0.3 is 0 Å². The molecular weight excluding hydrogens is 244 g/mol. The number of morpholine rings is 2. The molecule has 1 atom stereocenters. The molecule has 2 heterocycles. The van der Waals surface area contributed by atoms with E-state index < -0.39 is 0 Å². The Labute approximate surface area is 116 Å². The average molecular weight is 272 g/mol. The molecule has 0 radical (unpaired) electrons. The van der Waals surface area contributed by atoms with E-state index in [2.05, 4.69) is 27.6 Å². The Morgan fingerprint density at radius 2 is 1.84 bits per heavy atom. The van der Waals surface area contributed by atoms with Gasteiger partial charge in [-0.15, -0.1) is 0 Å². The van der Waals surface area contributed by atoms with Gasteiger partial charge in [-0.3, -0.25) is 15.6 Å². The molecule has 112 valence electrons. The molecule has 6 heteroatoms. The van der Waals surface area contributed by atoms with Crippen molar-refractivity contribution in [2.75, 3.05) is 65.7 Å². The molecule has 0 aromatic heterocycles. The van der Waals surface area contributed by atoms with Crippen LogP contribution in [0.3, 0.4) is 0 Å². The van der Waals surface area contributed by atoms with Gasteiger partial charge in [-0.05, 0) is 6.42 Å². The van der Waals surface area contributed by atoms with Crippen LogP contribution in [-0.4, -0.2) is 81.8 Å². The van der Waals surface area contributed by atoms with Crippen LogP contribution >= 0.6 is 0 Å². The number of ether oxygens (including phenoxy) is 2. The fourth-order valence-corrected chi connectivity index (χ4v) is 2.43. The summed E-state index contributed by atoms with van der Waals surface area (Å²) >= 11 is 0. The van der Waals surface area contributed by atoms with Gasteiger partial charge in [0, 0.05) is 39.3 Å². The van der Waals surface area contributed by atoms with Crippen molar-refractivity contribution >= 4 is 0 Å². The standard InChI is InChI=1S/C13H28N4O2/c1-2-3-15-17-8-11-19-12-13(17)14-4-5-16-6-9-18-10-7-16/h13-15H,2-12H2,1H3. The van der Waals surface area contributed by atoms with Gasteiger partial charge in [-0.25, -0.2) is 5.01 Å². The van der Waals surface area contributed by atoms with Crippen LogP contribution in [0.5, 0.6) is 0 Å². The van der Waals surface area contributed by atoms with Crippen molar-refractivity contribution in [2.45, 2.75) is 19.5 Å². The monoisotopic (exact) mass is 272 g/mol. The van der Waals surface area contributed by atoms with Crippen LogP contribution in [0.25, 0.3) is 0 Å². The Balaban J connectivity index is 1.64. The molecule has 0 amide bonds. The smallest absolute Gasteiger partial charge is 0.0971 e. The second kappa shape index (κ2) is 8.84. The summed E-state index contributed by atoms with van der Waals surface area (Å²) in [7, 11) is 0. The van der Waals surface area contributed by atoms with Gasteiger partial charge in [0.25, 0.3) is 0 Å². The highest BCUT2D eigenvalue weighted by Gasteiger charge is 2.22. The molecule has 2 aliphatic heterocycles. The Morgan fingerprint density at radius 3 is 2.63 bits per heavy atom. The first kappa shape index (κ1) is 15.2. The molecule has 0 bridgehead atoms. The molecule has 0 aromatic rings. The first-order chi connectivity index (χ1) is 9.40. The lowest BCUT2D eigenvalue weighted by atomic mass is 10.3. The maximum atomic E-state index is 5.56. The summed E-state index contributed by atoms with van der Waals surface area (Å²) in [5.41, 5.74) is 3.47. The predicted molar refractivity (Wildman–Crippen MR) is 74.9 cm³/mol. The van der Waals surface area contributed by atoms with E-state index in [0.29, 0.717) is 6.17 Å². The molecule has 6 nitrogen and oxygen atoms in total. The van der Waals surface area contributed by atoms with Gasteiger partial charge < -0.3 is 9.47 Å². The molecule has 0 aromatic carbocycles. The highest BCUT2D eigenvalue weighted by molar-refractivity contribution is 4.72. The minimum Gasteiger partial charge on any atom is -0.379 e. The quantitative estimate of drug-likeness (QED) is 0.650. The van der Waals surface area contributed by atoms with Gasteiger partial charge in [0.2, 0.25) is 0 Å². The maximum absolute atomic E-state index is 5.56. The number of hydrogen-bond acceptors (Lipinski definition) is 6. The molecule has 2 rings (SSSR count). The zero-order chi connectivity index (χ0) is 13.3. The van der Waals surface area contributed by atoms with Gasteiger partial charge in [-0.2, -0.15) is 0 Å². The summed E-state index contributed by atoms with van der Waals surface area (Å²) in [5, 5.41) is 5.87. The first-order valence-corrected chi connectivity index (χ1v) is 7.51. The Bertz CT molecular complexity index is 237.